The van der Waals surface area contributed by atoms with Crippen molar-refractivity contribution in [1.82, 2.24) is 15.5 Å². The van der Waals surface area contributed by atoms with Gasteiger partial charge >= 0.3 is 0 Å². The molecular weight excluding hydrogens is 380 g/mol. The smallest absolute Gasteiger partial charge is 0.233 e. The Bertz CT molecular complexity index is 793. The molecule has 2 amide bonds. The van der Waals surface area contributed by atoms with E-state index >= 15 is 0 Å². The van der Waals surface area contributed by atoms with Crippen LogP contribution in [-0.4, -0.2) is 55.5 Å². The molecule has 1 heterocycles. The van der Waals surface area contributed by atoms with Crippen molar-refractivity contribution in [2.75, 3.05) is 32.8 Å². The normalized spacial score (nSPS) is 27.0. The predicted octanol–water partition coefficient (Wildman–Crippen LogP) is 1.82. The van der Waals surface area contributed by atoms with Gasteiger partial charge in [-0.3, -0.25) is 19.5 Å². The first kappa shape index (κ1) is 20.4. The molecule has 1 saturated carbocycles. The zero-order valence-electron chi connectivity index (χ0n) is 17.4. The summed E-state index contributed by atoms with van der Waals surface area (Å²) in [7, 11) is 0. The fourth-order valence-corrected chi connectivity index (χ4v) is 4.77. The number of amides is 2. The molecule has 7 nitrogen and oxygen atoms in total. The average molecular weight is 411 g/mol. The van der Waals surface area contributed by atoms with Gasteiger partial charge in [0.1, 0.15) is 5.75 Å². The van der Waals surface area contributed by atoms with Crippen LogP contribution in [0.3, 0.4) is 0 Å². The Kier molecular flexibility index (Phi) is 6.35. The highest BCUT2D eigenvalue weighted by Crippen LogP contribution is 2.52. The number of hydrogen-bond acceptors (Lipinski definition) is 4. The summed E-state index contributed by atoms with van der Waals surface area (Å²) in [5.74, 6) is 1.82. The minimum atomic E-state index is -0.126. The molecule has 4 atom stereocenters. The third kappa shape index (κ3) is 4.20. The third-order valence-electron chi connectivity index (χ3n) is 6.12. The van der Waals surface area contributed by atoms with Gasteiger partial charge in [0.15, 0.2) is 5.96 Å². The Balaban J connectivity index is 1.21. The number of imide groups is 1. The summed E-state index contributed by atoms with van der Waals surface area (Å²) < 4.78 is 5.68. The van der Waals surface area contributed by atoms with Crippen molar-refractivity contribution in [3.8, 4) is 5.75 Å². The van der Waals surface area contributed by atoms with Crippen molar-refractivity contribution in [1.29, 1.82) is 0 Å². The summed E-state index contributed by atoms with van der Waals surface area (Å²) in [4.78, 5) is 31.5. The molecule has 0 aromatic heterocycles. The molecule has 2 fully saturated rings. The van der Waals surface area contributed by atoms with E-state index in [-0.39, 0.29) is 35.5 Å². The number of fused-ring (bicyclic) bond motifs is 5. The average Bonchev–Trinajstić information content (AvgIpc) is 3.44. The minimum Gasteiger partial charge on any atom is -0.494 e. The summed E-state index contributed by atoms with van der Waals surface area (Å²) in [5.41, 5.74) is 0. The van der Waals surface area contributed by atoms with Crippen molar-refractivity contribution in [2.24, 2.45) is 28.7 Å². The molecule has 7 heteroatoms. The number of ether oxygens (including phenoxy) is 1. The summed E-state index contributed by atoms with van der Waals surface area (Å²) in [5, 5.41) is 6.44. The van der Waals surface area contributed by atoms with E-state index in [1.165, 1.54) is 4.90 Å². The molecule has 4 unspecified atom stereocenters. The number of benzene rings is 1. The second-order valence-corrected chi connectivity index (χ2v) is 8.03. The molecule has 0 spiro atoms. The zero-order chi connectivity index (χ0) is 20.9. The first-order valence-corrected chi connectivity index (χ1v) is 10.9. The van der Waals surface area contributed by atoms with Gasteiger partial charge in [-0.15, -0.1) is 0 Å². The van der Waals surface area contributed by atoms with Crippen molar-refractivity contribution in [3.63, 3.8) is 0 Å². The van der Waals surface area contributed by atoms with E-state index in [4.69, 9.17) is 4.74 Å². The molecule has 1 aromatic rings. The maximum absolute atomic E-state index is 12.7. The molecule has 2 aliphatic carbocycles. The van der Waals surface area contributed by atoms with Gasteiger partial charge in [0.05, 0.1) is 18.4 Å². The van der Waals surface area contributed by atoms with Gasteiger partial charge in [-0.1, -0.05) is 30.4 Å². The van der Waals surface area contributed by atoms with E-state index in [1.807, 2.05) is 37.3 Å². The van der Waals surface area contributed by atoms with E-state index in [2.05, 4.69) is 27.8 Å². The number of carbonyl (C=O) groups excluding carboxylic acids is 2. The highest BCUT2D eigenvalue weighted by molar-refractivity contribution is 6.06. The van der Waals surface area contributed by atoms with Crippen LogP contribution in [0.4, 0.5) is 0 Å². The molecular formula is C23H30N4O3. The SMILES string of the molecule is CCNC(=NCCCOc1ccccc1)NCCN1C(=O)C2C3C=CC(C3)C2C1=O. The van der Waals surface area contributed by atoms with Gasteiger partial charge < -0.3 is 15.4 Å². The number of carbonyl (C=O) groups is 2. The van der Waals surface area contributed by atoms with E-state index in [9.17, 15) is 9.59 Å². The lowest BCUT2D eigenvalue weighted by molar-refractivity contribution is -0.140. The molecule has 1 saturated heterocycles. The first-order valence-electron chi connectivity index (χ1n) is 10.9. The number of nitrogens with zero attached hydrogens (tertiary/aromatic N) is 2. The standard InChI is InChI=1S/C23H30N4O3/c1-2-24-23(25-11-6-14-30-18-7-4-3-5-8-18)26-12-13-27-21(28)19-16-9-10-17(15-16)20(19)22(27)29/h3-5,7-10,16-17,19-20H,2,6,11-15H2,1H3,(H2,24,25,26). The van der Waals surface area contributed by atoms with Crippen molar-refractivity contribution in [2.45, 2.75) is 19.8 Å². The fourth-order valence-electron chi connectivity index (χ4n) is 4.77. The Morgan fingerprint density at radius 2 is 1.80 bits per heavy atom. The molecule has 1 aromatic carbocycles. The Labute approximate surface area is 177 Å². The molecule has 30 heavy (non-hydrogen) atoms. The molecule has 2 N–H and O–H groups in total. The van der Waals surface area contributed by atoms with Crippen molar-refractivity contribution >= 4 is 17.8 Å². The number of allylic oxidation sites excluding steroid dienone is 2. The van der Waals surface area contributed by atoms with Gasteiger partial charge in [0.2, 0.25) is 11.8 Å². The second-order valence-electron chi connectivity index (χ2n) is 8.03. The summed E-state index contributed by atoms with van der Waals surface area (Å²) in [6.45, 7) is 4.85. The minimum absolute atomic E-state index is 0.00338. The molecule has 1 aliphatic heterocycles. The predicted molar refractivity (Wildman–Crippen MR) is 115 cm³/mol. The number of aliphatic imine (C=N–C) groups is 1. The van der Waals surface area contributed by atoms with Gasteiger partial charge in [-0.05, 0) is 37.3 Å². The van der Waals surface area contributed by atoms with E-state index in [0.29, 0.717) is 32.2 Å². The summed E-state index contributed by atoms with van der Waals surface area (Å²) >= 11 is 0. The van der Waals surface area contributed by atoms with Crippen LogP contribution in [0.25, 0.3) is 0 Å². The lowest BCUT2D eigenvalue weighted by atomic mass is 9.85. The quantitative estimate of drug-likeness (QED) is 0.213. The van der Waals surface area contributed by atoms with Crippen LogP contribution in [-0.2, 0) is 9.59 Å². The van der Waals surface area contributed by atoms with E-state index in [0.717, 1.165) is 25.1 Å². The van der Waals surface area contributed by atoms with Crippen LogP contribution in [0, 0.1) is 23.7 Å². The molecule has 3 aliphatic rings. The van der Waals surface area contributed by atoms with Crippen LogP contribution in [0.5, 0.6) is 5.75 Å². The lowest BCUT2D eigenvalue weighted by Crippen LogP contribution is -2.43. The molecule has 0 radical (unpaired) electrons. The second kappa shape index (κ2) is 9.32. The molecule has 160 valence electrons. The van der Waals surface area contributed by atoms with Crippen molar-refractivity contribution < 1.29 is 14.3 Å². The fraction of sp³-hybridized carbons (Fsp3) is 0.522. The maximum atomic E-state index is 12.7. The number of nitrogens with one attached hydrogen (secondary N) is 2. The van der Waals surface area contributed by atoms with Crippen LogP contribution in [0.1, 0.15) is 19.8 Å². The number of likely N-dealkylation sites (tertiary alicyclic amines) is 1. The number of hydrogen-bond donors (Lipinski definition) is 2. The third-order valence-corrected chi connectivity index (χ3v) is 6.12. The molecule has 2 bridgehead atoms. The monoisotopic (exact) mass is 410 g/mol. The Morgan fingerprint density at radius 1 is 1.10 bits per heavy atom. The number of guanidine groups is 1. The number of rotatable bonds is 9. The summed E-state index contributed by atoms with van der Waals surface area (Å²) in [6, 6.07) is 9.73. The maximum Gasteiger partial charge on any atom is 0.233 e. The largest absolute Gasteiger partial charge is 0.494 e. The van der Waals surface area contributed by atoms with Gasteiger partial charge in [-0.25, -0.2) is 0 Å². The van der Waals surface area contributed by atoms with Crippen LogP contribution >= 0.6 is 0 Å². The van der Waals surface area contributed by atoms with Crippen LogP contribution in [0.15, 0.2) is 47.5 Å². The van der Waals surface area contributed by atoms with Gasteiger partial charge in [0.25, 0.3) is 0 Å². The molecule has 4 rings (SSSR count). The number of para-hydroxylation sites is 1. The van der Waals surface area contributed by atoms with Crippen molar-refractivity contribution in [3.05, 3.63) is 42.5 Å². The van der Waals surface area contributed by atoms with Gasteiger partial charge in [0, 0.05) is 32.6 Å². The highest BCUT2D eigenvalue weighted by Gasteiger charge is 2.58. The Hall–Kier alpha value is -2.83. The van der Waals surface area contributed by atoms with Gasteiger partial charge in [-0.2, -0.15) is 0 Å². The zero-order valence-corrected chi connectivity index (χ0v) is 17.4. The summed E-state index contributed by atoms with van der Waals surface area (Å²) in [6.07, 6.45) is 6.00. The van der Waals surface area contributed by atoms with E-state index in [1.54, 1.807) is 0 Å². The Morgan fingerprint density at radius 3 is 2.47 bits per heavy atom. The van der Waals surface area contributed by atoms with Crippen LogP contribution < -0.4 is 15.4 Å². The van der Waals surface area contributed by atoms with Crippen LogP contribution in [0.2, 0.25) is 0 Å². The van der Waals surface area contributed by atoms with E-state index < -0.39 is 0 Å². The topological polar surface area (TPSA) is 83.0 Å². The highest BCUT2D eigenvalue weighted by atomic mass is 16.5. The first-order chi connectivity index (χ1) is 14.7. The lowest BCUT2D eigenvalue weighted by Gasteiger charge is -2.18.